The topological polar surface area (TPSA) is 76.1 Å². The first-order valence-corrected chi connectivity index (χ1v) is 8.64. The molecular formula is C21H22N4O2. The number of rotatable bonds is 6. The molecule has 0 bridgehead atoms. The number of carbonyl (C=O) groups is 1. The summed E-state index contributed by atoms with van der Waals surface area (Å²) in [6.07, 6.45) is 0. The highest BCUT2D eigenvalue weighted by atomic mass is 16.5. The van der Waals surface area contributed by atoms with E-state index in [4.69, 9.17) is 4.74 Å². The normalized spacial score (nSPS) is 10.3. The van der Waals surface area contributed by atoms with Crippen molar-refractivity contribution in [3.05, 3.63) is 77.2 Å². The molecule has 0 radical (unpaired) electrons. The second-order valence-electron chi connectivity index (χ2n) is 6.17. The monoisotopic (exact) mass is 362 g/mol. The van der Waals surface area contributed by atoms with Gasteiger partial charge in [0.2, 0.25) is 0 Å². The molecule has 1 aromatic heterocycles. The van der Waals surface area contributed by atoms with Gasteiger partial charge in [0.25, 0.3) is 5.91 Å². The molecule has 0 spiro atoms. The number of para-hydroxylation sites is 1. The van der Waals surface area contributed by atoms with Crippen molar-refractivity contribution in [3.63, 3.8) is 0 Å². The van der Waals surface area contributed by atoms with Crippen molar-refractivity contribution in [2.24, 2.45) is 0 Å². The van der Waals surface area contributed by atoms with E-state index in [1.165, 1.54) is 0 Å². The zero-order valence-corrected chi connectivity index (χ0v) is 15.6. The van der Waals surface area contributed by atoms with Crippen molar-refractivity contribution in [3.8, 4) is 5.75 Å². The van der Waals surface area contributed by atoms with E-state index >= 15 is 0 Å². The van der Waals surface area contributed by atoms with Crippen molar-refractivity contribution in [1.82, 2.24) is 15.3 Å². The van der Waals surface area contributed by atoms with Crippen molar-refractivity contribution < 1.29 is 9.53 Å². The molecule has 0 aliphatic carbocycles. The fourth-order valence-electron chi connectivity index (χ4n) is 2.73. The van der Waals surface area contributed by atoms with Gasteiger partial charge in [0.05, 0.1) is 7.11 Å². The number of hydrogen-bond donors (Lipinski definition) is 2. The predicted molar refractivity (Wildman–Crippen MR) is 105 cm³/mol. The molecule has 0 unspecified atom stereocenters. The minimum Gasteiger partial charge on any atom is -0.496 e. The van der Waals surface area contributed by atoms with E-state index in [2.05, 4.69) is 20.6 Å². The van der Waals surface area contributed by atoms with E-state index in [1.807, 2.05) is 55.5 Å². The molecule has 0 saturated heterocycles. The number of benzene rings is 2. The number of amides is 1. The van der Waals surface area contributed by atoms with Gasteiger partial charge in [-0.1, -0.05) is 30.3 Å². The van der Waals surface area contributed by atoms with Crippen LogP contribution in [0.4, 0.5) is 11.5 Å². The Balaban J connectivity index is 1.74. The fourth-order valence-corrected chi connectivity index (χ4v) is 2.73. The van der Waals surface area contributed by atoms with Crippen LogP contribution in [0.15, 0.2) is 54.6 Å². The Bertz CT molecular complexity index is 956. The Labute approximate surface area is 158 Å². The highest BCUT2D eigenvalue weighted by Crippen LogP contribution is 2.18. The summed E-state index contributed by atoms with van der Waals surface area (Å²) >= 11 is 0. The smallest absolute Gasteiger partial charge is 0.270 e. The Hall–Kier alpha value is -3.41. The first-order chi connectivity index (χ1) is 13.0. The van der Waals surface area contributed by atoms with E-state index < -0.39 is 0 Å². The fraction of sp³-hybridized carbons (Fsp3) is 0.190. The lowest BCUT2D eigenvalue weighted by atomic mass is 10.2. The molecule has 1 heterocycles. The maximum absolute atomic E-state index is 12.6. The summed E-state index contributed by atoms with van der Waals surface area (Å²) in [6, 6.07) is 17.2. The molecule has 0 saturated carbocycles. The minimum absolute atomic E-state index is 0.265. The van der Waals surface area contributed by atoms with Crippen LogP contribution in [0.2, 0.25) is 0 Å². The Morgan fingerprint density at radius 3 is 2.63 bits per heavy atom. The van der Waals surface area contributed by atoms with E-state index in [9.17, 15) is 4.79 Å². The van der Waals surface area contributed by atoms with Crippen LogP contribution in [0.25, 0.3) is 0 Å². The van der Waals surface area contributed by atoms with Crippen LogP contribution in [0.1, 0.15) is 27.4 Å². The van der Waals surface area contributed by atoms with E-state index in [1.54, 1.807) is 20.1 Å². The molecule has 6 nitrogen and oxygen atoms in total. The quantitative estimate of drug-likeness (QED) is 0.698. The minimum atomic E-state index is -0.265. The number of nitrogens with zero attached hydrogens (tertiary/aromatic N) is 2. The molecule has 0 fully saturated rings. The van der Waals surface area contributed by atoms with Crippen LogP contribution >= 0.6 is 0 Å². The zero-order chi connectivity index (χ0) is 19.2. The van der Waals surface area contributed by atoms with Gasteiger partial charge in [0.1, 0.15) is 23.1 Å². The summed E-state index contributed by atoms with van der Waals surface area (Å²) in [4.78, 5) is 21.2. The maximum Gasteiger partial charge on any atom is 0.270 e. The lowest BCUT2D eigenvalue weighted by molar-refractivity contribution is 0.0945. The Morgan fingerprint density at radius 2 is 1.85 bits per heavy atom. The second kappa shape index (κ2) is 8.31. The van der Waals surface area contributed by atoms with Crippen LogP contribution in [-0.2, 0) is 6.54 Å². The van der Waals surface area contributed by atoms with E-state index in [-0.39, 0.29) is 5.91 Å². The molecule has 27 heavy (non-hydrogen) atoms. The highest BCUT2D eigenvalue weighted by Gasteiger charge is 2.12. The summed E-state index contributed by atoms with van der Waals surface area (Å²) in [5.41, 5.74) is 3.26. The molecule has 138 valence electrons. The van der Waals surface area contributed by atoms with Crippen LogP contribution < -0.4 is 15.4 Å². The molecule has 0 atom stereocenters. The number of aryl methyl sites for hydroxylation is 2. The van der Waals surface area contributed by atoms with Gasteiger partial charge in [-0.25, -0.2) is 9.97 Å². The number of aromatic nitrogens is 2. The lowest BCUT2D eigenvalue weighted by Gasteiger charge is -2.11. The number of ether oxygens (including phenoxy) is 1. The van der Waals surface area contributed by atoms with Gasteiger partial charge in [-0.05, 0) is 37.6 Å². The van der Waals surface area contributed by atoms with Crippen LogP contribution in [0, 0.1) is 13.8 Å². The average Bonchev–Trinajstić information content (AvgIpc) is 2.66. The summed E-state index contributed by atoms with van der Waals surface area (Å²) in [5.74, 6) is 1.57. The highest BCUT2D eigenvalue weighted by molar-refractivity contribution is 5.93. The lowest BCUT2D eigenvalue weighted by Crippen LogP contribution is -2.24. The van der Waals surface area contributed by atoms with Gasteiger partial charge in [-0.2, -0.15) is 0 Å². The van der Waals surface area contributed by atoms with Crippen molar-refractivity contribution in [2.45, 2.75) is 20.4 Å². The first kappa shape index (κ1) is 18.4. The molecule has 1 amide bonds. The summed E-state index contributed by atoms with van der Waals surface area (Å²) in [5, 5.41) is 6.10. The third-order valence-electron chi connectivity index (χ3n) is 3.99. The third kappa shape index (κ3) is 4.82. The van der Waals surface area contributed by atoms with Gasteiger partial charge in [-0.15, -0.1) is 0 Å². The average molecular weight is 362 g/mol. The number of anilines is 2. The van der Waals surface area contributed by atoms with Gasteiger partial charge < -0.3 is 15.4 Å². The maximum atomic E-state index is 12.6. The SMILES string of the molecule is COc1ccccc1CNC(=O)c1cc(Nc2cccc(C)c2)nc(C)n1. The molecule has 2 N–H and O–H groups in total. The molecule has 0 aliphatic rings. The zero-order valence-electron chi connectivity index (χ0n) is 15.6. The van der Waals surface area contributed by atoms with E-state index in [0.717, 1.165) is 22.6 Å². The van der Waals surface area contributed by atoms with Crippen LogP contribution in [0.3, 0.4) is 0 Å². The Morgan fingerprint density at radius 1 is 1.04 bits per heavy atom. The number of methoxy groups -OCH3 is 1. The van der Waals surface area contributed by atoms with Gasteiger partial charge in [0.15, 0.2) is 0 Å². The van der Waals surface area contributed by atoms with Crippen molar-refractivity contribution >= 4 is 17.4 Å². The predicted octanol–water partition coefficient (Wildman–Crippen LogP) is 3.78. The van der Waals surface area contributed by atoms with E-state index in [0.29, 0.717) is 23.9 Å². The summed E-state index contributed by atoms with van der Waals surface area (Å²) in [7, 11) is 1.61. The largest absolute Gasteiger partial charge is 0.496 e. The molecule has 3 aromatic rings. The summed E-state index contributed by atoms with van der Waals surface area (Å²) in [6.45, 7) is 4.14. The Kier molecular flexibility index (Phi) is 5.66. The van der Waals surface area contributed by atoms with Crippen LogP contribution in [0.5, 0.6) is 5.75 Å². The van der Waals surface area contributed by atoms with Gasteiger partial charge in [0, 0.05) is 23.9 Å². The first-order valence-electron chi connectivity index (χ1n) is 8.64. The molecule has 6 heteroatoms. The van der Waals surface area contributed by atoms with Crippen molar-refractivity contribution in [1.29, 1.82) is 0 Å². The van der Waals surface area contributed by atoms with Gasteiger partial charge >= 0.3 is 0 Å². The second-order valence-corrected chi connectivity index (χ2v) is 6.17. The number of nitrogens with one attached hydrogen (secondary N) is 2. The standard InChI is InChI=1S/C21H22N4O2/c1-14-7-6-9-17(11-14)25-20-12-18(23-15(2)24-20)21(26)22-13-16-8-4-5-10-19(16)27-3/h4-12H,13H2,1-3H3,(H,22,26)(H,23,24,25). The molecule has 0 aliphatic heterocycles. The molecule has 3 rings (SSSR count). The molecular weight excluding hydrogens is 340 g/mol. The van der Waals surface area contributed by atoms with Crippen molar-refractivity contribution in [2.75, 3.05) is 12.4 Å². The van der Waals surface area contributed by atoms with Crippen LogP contribution in [-0.4, -0.2) is 23.0 Å². The third-order valence-corrected chi connectivity index (χ3v) is 3.99. The molecule has 2 aromatic carbocycles. The number of hydrogen-bond acceptors (Lipinski definition) is 5. The summed E-state index contributed by atoms with van der Waals surface area (Å²) < 4.78 is 5.31. The number of carbonyl (C=O) groups excluding carboxylic acids is 1. The van der Waals surface area contributed by atoms with Gasteiger partial charge in [-0.3, -0.25) is 4.79 Å².